The Hall–Kier alpha value is -2.61. The van der Waals surface area contributed by atoms with Crippen molar-refractivity contribution in [2.75, 3.05) is 33.3 Å². The highest BCUT2D eigenvalue weighted by atomic mass is 16.5. The Labute approximate surface area is 178 Å². The lowest BCUT2D eigenvalue weighted by Crippen LogP contribution is -2.51. The van der Waals surface area contributed by atoms with Crippen LogP contribution < -0.4 is 10.1 Å². The van der Waals surface area contributed by atoms with Crippen LogP contribution in [0, 0.1) is 5.92 Å². The van der Waals surface area contributed by atoms with Gasteiger partial charge in [0.1, 0.15) is 11.7 Å². The molecule has 1 aromatic rings. The first-order chi connectivity index (χ1) is 14.3. The molecule has 0 spiro atoms. The fraction of sp³-hybridized carbons (Fsp3) is 0.591. The third kappa shape index (κ3) is 5.72. The van der Waals surface area contributed by atoms with Crippen molar-refractivity contribution in [2.45, 2.75) is 46.3 Å². The van der Waals surface area contributed by atoms with Gasteiger partial charge < -0.3 is 25.0 Å². The number of aliphatic hydroxyl groups excluding tert-OH is 1. The van der Waals surface area contributed by atoms with Crippen LogP contribution in [-0.2, 0) is 0 Å². The SMILES string of the molecule is C/C=C/c1cnc2c(c1)C(=O)N([C@H](C)CO)C[C@@H](C)[C@@H](CN(C)C(=O)NCCC)O2. The van der Waals surface area contributed by atoms with Crippen LogP contribution in [0.4, 0.5) is 4.79 Å². The maximum Gasteiger partial charge on any atom is 0.317 e. The van der Waals surface area contributed by atoms with Gasteiger partial charge in [-0.15, -0.1) is 0 Å². The number of carbonyl (C=O) groups excluding carboxylic acids is 2. The molecule has 0 unspecified atom stereocenters. The third-order valence-corrected chi connectivity index (χ3v) is 5.23. The van der Waals surface area contributed by atoms with E-state index in [1.807, 2.05) is 39.8 Å². The van der Waals surface area contributed by atoms with Gasteiger partial charge in [-0.2, -0.15) is 0 Å². The Kier molecular flexibility index (Phi) is 8.65. The molecule has 8 heteroatoms. The maximum absolute atomic E-state index is 13.2. The third-order valence-electron chi connectivity index (χ3n) is 5.23. The molecule has 0 radical (unpaired) electrons. The number of hydrogen-bond acceptors (Lipinski definition) is 5. The molecule has 2 rings (SSSR count). The number of ether oxygens (including phenoxy) is 1. The highest BCUT2D eigenvalue weighted by Crippen LogP contribution is 2.27. The number of carbonyl (C=O) groups is 2. The van der Waals surface area contributed by atoms with Gasteiger partial charge in [-0.05, 0) is 31.9 Å². The van der Waals surface area contributed by atoms with E-state index in [1.165, 1.54) is 0 Å². The molecule has 0 saturated heterocycles. The van der Waals surface area contributed by atoms with Crippen LogP contribution in [0.25, 0.3) is 6.08 Å². The minimum atomic E-state index is -0.359. The number of fused-ring (bicyclic) bond motifs is 1. The molecule has 30 heavy (non-hydrogen) atoms. The van der Waals surface area contributed by atoms with Gasteiger partial charge in [-0.1, -0.05) is 26.0 Å². The van der Waals surface area contributed by atoms with Crippen LogP contribution in [0.3, 0.4) is 0 Å². The molecule has 1 aliphatic rings. The van der Waals surface area contributed by atoms with E-state index in [1.54, 1.807) is 29.1 Å². The summed E-state index contributed by atoms with van der Waals surface area (Å²) in [5, 5.41) is 12.6. The number of nitrogens with one attached hydrogen (secondary N) is 1. The fourth-order valence-electron chi connectivity index (χ4n) is 3.34. The molecule has 1 aliphatic heterocycles. The zero-order valence-corrected chi connectivity index (χ0v) is 18.6. The first-order valence-corrected chi connectivity index (χ1v) is 10.5. The highest BCUT2D eigenvalue weighted by Gasteiger charge is 2.34. The first-order valence-electron chi connectivity index (χ1n) is 10.5. The number of allylic oxidation sites excluding steroid dienone is 1. The Bertz CT molecular complexity index is 768. The van der Waals surface area contributed by atoms with Gasteiger partial charge in [-0.3, -0.25) is 4.79 Å². The predicted octanol–water partition coefficient (Wildman–Crippen LogP) is 2.39. The van der Waals surface area contributed by atoms with Crippen molar-refractivity contribution >= 4 is 18.0 Å². The van der Waals surface area contributed by atoms with E-state index < -0.39 is 0 Å². The molecule has 2 N–H and O–H groups in total. The molecule has 2 heterocycles. The summed E-state index contributed by atoms with van der Waals surface area (Å²) < 4.78 is 6.17. The van der Waals surface area contributed by atoms with Crippen molar-refractivity contribution in [2.24, 2.45) is 5.92 Å². The number of likely N-dealkylation sites (N-methyl/N-ethyl adjacent to an activating group) is 1. The number of hydrogen-bond donors (Lipinski definition) is 2. The van der Waals surface area contributed by atoms with Crippen molar-refractivity contribution in [1.82, 2.24) is 20.1 Å². The summed E-state index contributed by atoms with van der Waals surface area (Å²) in [6.07, 6.45) is 5.90. The number of nitrogens with zero attached hydrogens (tertiary/aromatic N) is 3. The van der Waals surface area contributed by atoms with E-state index in [-0.39, 0.29) is 42.5 Å². The molecule has 166 valence electrons. The minimum Gasteiger partial charge on any atom is -0.472 e. The Morgan fingerprint density at radius 3 is 2.90 bits per heavy atom. The molecular weight excluding hydrogens is 384 g/mol. The second-order valence-corrected chi connectivity index (χ2v) is 7.86. The summed E-state index contributed by atoms with van der Waals surface area (Å²) in [5.74, 6) is -0.0402. The van der Waals surface area contributed by atoms with Gasteiger partial charge in [0.15, 0.2) is 0 Å². The highest BCUT2D eigenvalue weighted by molar-refractivity contribution is 5.97. The number of amides is 3. The Balaban J connectivity index is 2.37. The summed E-state index contributed by atoms with van der Waals surface area (Å²) in [4.78, 5) is 33.2. The zero-order chi connectivity index (χ0) is 22.3. The number of rotatable bonds is 7. The molecular formula is C22H34N4O4. The summed E-state index contributed by atoms with van der Waals surface area (Å²) in [6, 6.07) is 1.25. The molecule has 0 fully saturated rings. The van der Waals surface area contributed by atoms with E-state index in [0.717, 1.165) is 12.0 Å². The van der Waals surface area contributed by atoms with Crippen LogP contribution in [-0.4, -0.2) is 77.3 Å². The quantitative estimate of drug-likeness (QED) is 0.709. The van der Waals surface area contributed by atoms with Gasteiger partial charge in [0.05, 0.1) is 19.2 Å². The van der Waals surface area contributed by atoms with E-state index >= 15 is 0 Å². The van der Waals surface area contributed by atoms with Gasteiger partial charge >= 0.3 is 6.03 Å². The molecule has 0 saturated carbocycles. The van der Waals surface area contributed by atoms with Crippen molar-refractivity contribution in [3.05, 3.63) is 29.5 Å². The van der Waals surface area contributed by atoms with Crippen molar-refractivity contribution in [3.8, 4) is 5.88 Å². The molecule has 1 aromatic heterocycles. The molecule has 3 amide bonds. The van der Waals surface area contributed by atoms with Crippen LogP contribution in [0.1, 0.15) is 50.0 Å². The normalized spacial score (nSPS) is 20.2. The predicted molar refractivity (Wildman–Crippen MR) is 116 cm³/mol. The van der Waals surface area contributed by atoms with Gasteiger partial charge in [0.2, 0.25) is 5.88 Å². The zero-order valence-electron chi connectivity index (χ0n) is 18.6. The molecule has 0 aliphatic carbocycles. The van der Waals surface area contributed by atoms with E-state index in [2.05, 4.69) is 10.3 Å². The monoisotopic (exact) mass is 418 g/mol. The second kappa shape index (κ2) is 11.0. The number of aliphatic hydroxyl groups is 1. The maximum atomic E-state index is 13.2. The Morgan fingerprint density at radius 1 is 1.53 bits per heavy atom. The van der Waals surface area contributed by atoms with Gasteiger partial charge in [0, 0.05) is 32.3 Å². The smallest absolute Gasteiger partial charge is 0.317 e. The van der Waals surface area contributed by atoms with Gasteiger partial charge in [-0.25, -0.2) is 9.78 Å². The summed E-state index contributed by atoms with van der Waals surface area (Å²) >= 11 is 0. The lowest BCUT2D eigenvalue weighted by atomic mass is 10.00. The van der Waals surface area contributed by atoms with Crippen LogP contribution in [0.2, 0.25) is 0 Å². The Morgan fingerprint density at radius 2 is 2.27 bits per heavy atom. The average Bonchev–Trinajstić information content (AvgIpc) is 2.74. The minimum absolute atomic E-state index is 0.0745. The standard InChI is InChI=1S/C22H34N4O4/c1-6-8-17-10-18-20(24-11-17)30-19(13-25(5)22(29)23-9-7-2)15(3)12-26(21(18)28)16(4)14-27/h6,8,10-11,15-16,19,27H,7,9,12-14H2,1-5H3,(H,23,29)/b8-6+/t15-,16-,19-/m1/s1. The number of urea groups is 1. The van der Waals surface area contributed by atoms with Crippen molar-refractivity contribution in [3.63, 3.8) is 0 Å². The second-order valence-electron chi connectivity index (χ2n) is 7.86. The summed E-state index contributed by atoms with van der Waals surface area (Å²) in [7, 11) is 1.72. The van der Waals surface area contributed by atoms with Crippen molar-refractivity contribution in [1.29, 1.82) is 0 Å². The first kappa shape index (κ1) is 23.7. The molecule has 8 nitrogen and oxygen atoms in total. The van der Waals surface area contributed by atoms with Gasteiger partial charge in [0.25, 0.3) is 5.91 Å². The van der Waals surface area contributed by atoms with E-state index in [9.17, 15) is 14.7 Å². The number of aromatic nitrogens is 1. The largest absolute Gasteiger partial charge is 0.472 e. The number of pyridine rings is 1. The van der Waals surface area contributed by atoms with E-state index in [0.29, 0.717) is 25.2 Å². The van der Waals surface area contributed by atoms with Crippen LogP contribution in [0.5, 0.6) is 5.88 Å². The van der Waals surface area contributed by atoms with Crippen molar-refractivity contribution < 1.29 is 19.4 Å². The summed E-state index contributed by atoms with van der Waals surface area (Å²) in [5.41, 5.74) is 1.16. The van der Waals surface area contributed by atoms with E-state index in [4.69, 9.17) is 4.74 Å². The summed E-state index contributed by atoms with van der Waals surface area (Å²) in [6.45, 7) is 8.92. The topological polar surface area (TPSA) is 95.0 Å². The molecule has 3 atom stereocenters. The lowest BCUT2D eigenvalue weighted by molar-refractivity contribution is 0.0352. The average molecular weight is 419 g/mol. The van der Waals surface area contributed by atoms with Crippen LogP contribution >= 0.6 is 0 Å². The molecule has 0 aromatic carbocycles. The lowest BCUT2D eigenvalue weighted by Gasteiger charge is -2.37. The fourth-order valence-corrected chi connectivity index (χ4v) is 3.34. The van der Waals surface area contributed by atoms with Crippen LogP contribution in [0.15, 0.2) is 18.3 Å². The molecule has 0 bridgehead atoms.